The molecule has 0 heterocycles. The summed E-state index contributed by atoms with van der Waals surface area (Å²) in [6.45, 7) is 3.03. The highest BCUT2D eigenvalue weighted by Crippen LogP contribution is 2.16. The van der Waals surface area contributed by atoms with Crippen molar-refractivity contribution in [3.05, 3.63) is 59.9 Å². The molecule has 0 spiro atoms. The maximum Gasteiger partial charge on any atom is 0.259 e. The SMILES string of the molecule is Cc1cccc(NC(=O)[C@@](C)(O)COc2ccc(F)cc2)c1. The third kappa shape index (κ3) is 4.30. The highest BCUT2D eigenvalue weighted by Gasteiger charge is 2.31. The van der Waals surface area contributed by atoms with Crippen LogP contribution in [0.2, 0.25) is 0 Å². The summed E-state index contributed by atoms with van der Waals surface area (Å²) < 4.78 is 18.1. The summed E-state index contributed by atoms with van der Waals surface area (Å²) in [5, 5.41) is 12.9. The van der Waals surface area contributed by atoms with Gasteiger partial charge in [-0.05, 0) is 55.8 Å². The predicted octanol–water partition coefficient (Wildman–Crippen LogP) is 2.90. The molecule has 2 N–H and O–H groups in total. The Labute approximate surface area is 128 Å². The van der Waals surface area contributed by atoms with E-state index in [4.69, 9.17) is 4.74 Å². The molecule has 116 valence electrons. The van der Waals surface area contributed by atoms with Crippen LogP contribution in [-0.4, -0.2) is 23.2 Å². The summed E-state index contributed by atoms with van der Waals surface area (Å²) >= 11 is 0. The lowest BCUT2D eigenvalue weighted by atomic mass is 10.1. The maximum absolute atomic E-state index is 12.8. The Morgan fingerprint density at radius 1 is 1.27 bits per heavy atom. The second kappa shape index (κ2) is 6.58. The third-order valence-electron chi connectivity index (χ3n) is 3.10. The van der Waals surface area contributed by atoms with E-state index in [2.05, 4.69) is 5.32 Å². The molecule has 0 fully saturated rings. The van der Waals surface area contributed by atoms with Gasteiger partial charge in [0, 0.05) is 5.69 Å². The summed E-state index contributed by atoms with van der Waals surface area (Å²) in [6, 6.07) is 12.6. The van der Waals surface area contributed by atoms with Crippen molar-refractivity contribution in [3.63, 3.8) is 0 Å². The van der Waals surface area contributed by atoms with Crippen LogP contribution in [0.3, 0.4) is 0 Å². The number of benzene rings is 2. The number of carbonyl (C=O) groups is 1. The van der Waals surface area contributed by atoms with Crippen LogP contribution in [0.15, 0.2) is 48.5 Å². The summed E-state index contributed by atoms with van der Waals surface area (Å²) in [5.41, 5.74) is -0.106. The Morgan fingerprint density at radius 2 is 1.95 bits per heavy atom. The molecule has 5 heteroatoms. The largest absolute Gasteiger partial charge is 0.490 e. The van der Waals surface area contributed by atoms with E-state index in [9.17, 15) is 14.3 Å². The summed E-state index contributed by atoms with van der Waals surface area (Å²) in [6.07, 6.45) is 0. The molecule has 0 aliphatic rings. The zero-order valence-corrected chi connectivity index (χ0v) is 12.5. The van der Waals surface area contributed by atoms with Crippen molar-refractivity contribution in [1.29, 1.82) is 0 Å². The molecule has 0 aliphatic carbocycles. The Kier molecular flexibility index (Phi) is 4.78. The molecule has 2 aromatic carbocycles. The van der Waals surface area contributed by atoms with Crippen LogP contribution in [-0.2, 0) is 4.79 Å². The van der Waals surface area contributed by atoms with Crippen LogP contribution in [0.1, 0.15) is 12.5 Å². The van der Waals surface area contributed by atoms with Gasteiger partial charge in [-0.1, -0.05) is 12.1 Å². The van der Waals surface area contributed by atoms with Crippen molar-refractivity contribution in [3.8, 4) is 5.75 Å². The molecular formula is C17H18FNO3. The number of aliphatic hydroxyl groups is 1. The van der Waals surface area contributed by atoms with E-state index in [-0.39, 0.29) is 12.4 Å². The lowest BCUT2D eigenvalue weighted by Gasteiger charge is -2.22. The molecule has 2 rings (SSSR count). The smallest absolute Gasteiger partial charge is 0.259 e. The number of anilines is 1. The Bertz CT molecular complexity index is 653. The van der Waals surface area contributed by atoms with E-state index in [1.54, 1.807) is 12.1 Å². The number of aryl methyl sites for hydroxylation is 1. The van der Waals surface area contributed by atoms with Crippen LogP contribution in [0.5, 0.6) is 5.75 Å². The van der Waals surface area contributed by atoms with Gasteiger partial charge in [0.25, 0.3) is 5.91 Å². The highest BCUT2D eigenvalue weighted by molar-refractivity contribution is 5.97. The number of carbonyl (C=O) groups excluding carboxylic acids is 1. The van der Waals surface area contributed by atoms with Crippen LogP contribution in [0.25, 0.3) is 0 Å². The Morgan fingerprint density at radius 3 is 2.59 bits per heavy atom. The molecule has 22 heavy (non-hydrogen) atoms. The summed E-state index contributed by atoms with van der Waals surface area (Å²) in [4.78, 5) is 12.1. The summed E-state index contributed by atoms with van der Waals surface area (Å²) in [5.74, 6) is -0.568. The second-order valence-corrected chi connectivity index (χ2v) is 5.34. The molecule has 1 atom stereocenters. The number of halogens is 1. The van der Waals surface area contributed by atoms with Gasteiger partial charge in [0.2, 0.25) is 0 Å². The topological polar surface area (TPSA) is 58.6 Å². The van der Waals surface area contributed by atoms with E-state index < -0.39 is 11.5 Å². The second-order valence-electron chi connectivity index (χ2n) is 5.34. The molecular weight excluding hydrogens is 285 g/mol. The number of hydrogen-bond donors (Lipinski definition) is 2. The molecule has 0 radical (unpaired) electrons. The normalized spacial score (nSPS) is 13.3. The number of nitrogens with one attached hydrogen (secondary N) is 1. The van der Waals surface area contributed by atoms with Crippen LogP contribution in [0.4, 0.5) is 10.1 Å². The minimum atomic E-state index is -1.71. The van der Waals surface area contributed by atoms with Gasteiger partial charge in [-0.3, -0.25) is 4.79 Å². The van der Waals surface area contributed by atoms with Crippen molar-refractivity contribution in [2.24, 2.45) is 0 Å². The molecule has 0 aromatic heterocycles. The number of hydrogen-bond acceptors (Lipinski definition) is 3. The van der Waals surface area contributed by atoms with Gasteiger partial charge in [-0.2, -0.15) is 0 Å². The van der Waals surface area contributed by atoms with E-state index in [0.29, 0.717) is 11.4 Å². The fourth-order valence-electron chi connectivity index (χ4n) is 1.81. The van der Waals surface area contributed by atoms with E-state index in [1.165, 1.54) is 31.2 Å². The van der Waals surface area contributed by atoms with Gasteiger partial charge in [-0.25, -0.2) is 4.39 Å². The van der Waals surface area contributed by atoms with Gasteiger partial charge in [0.05, 0.1) is 0 Å². The van der Waals surface area contributed by atoms with Crippen molar-refractivity contribution in [2.45, 2.75) is 19.4 Å². The quantitative estimate of drug-likeness (QED) is 0.893. The average Bonchev–Trinajstić information content (AvgIpc) is 2.47. The predicted molar refractivity (Wildman–Crippen MR) is 82.3 cm³/mol. The minimum Gasteiger partial charge on any atom is -0.490 e. The Balaban J connectivity index is 1.96. The number of ether oxygens (including phenoxy) is 1. The van der Waals surface area contributed by atoms with Crippen LogP contribution >= 0.6 is 0 Å². The van der Waals surface area contributed by atoms with Crippen molar-refractivity contribution < 1.29 is 19.0 Å². The lowest BCUT2D eigenvalue weighted by Crippen LogP contribution is -2.45. The van der Waals surface area contributed by atoms with E-state index in [1.807, 2.05) is 19.1 Å². The average molecular weight is 303 g/mol. The van der Waals surface area contributed by atoms with E-state index in [0.717, 1.165) is 5.56 Å². The molecule has 2 aromatic rings. The van der Waals surface area contributed by atoms with E-state index >= 15 is 0 Å². The minimum absolute atomic E-state index is 0.240. The molecule has 0 saturated carbocycles. The molecule has 0 unspecified atom stereocenters. The van der Waals surface area contributed by atoms with Crippen LogP contribution < -0.4 is 10.1 Å². The fraction of sp³-hybridized carbons (Fsp3) is 0.235. The Hall–Kier alpha value is -2.40. The molecule has 1 amide bonds. The fourth-order valence-corrected chi connectivity index (χ4v) is 1.81. The first kappa shape index (κ1) is 16.0. The highest BCUT2D eigenvalue weighted by atomic mass is 19.1. The number of rotatable bonds is 5. The van der Waals surface area contributed by atoms with Gasteiger partial charge >= 0.3 is 0 Å². The lowest BCUT2D eigenvalue weighted by molar-refractivity contribution is -0.135. The molecule has 0 saturated heterocycles. The maximum atomic E-state index is 12.8. The van der Waals surface area contributed by atoms with Gasteiger partial charge in [-0.15, -0.1) is 0 Å². The van der Waals surface area contributed by atoms with Crippen LogP contribution in [0, 0.1) is 12.7 Å². The van der Waals surface area contributed by atoms with Gasteiger partial charge in [0.15, 0.2) is 5.60 Å². The molecule has 0 bridgehead atoms. The zero-order valence-electron chi connectivity index (χ0n) is 12.5. The van der Waals surface area contributed by atoms with Gasteiger partial charge in [0.1, 0.15) is 18.2 Å². The first-order valence-electron chi connectivity index (χ1n) is 6.86. The first-order chi connectivity index (χ1) is 10.4. The number of amides is 1. The molecule has 4 nitrogen and oxygen atoms in total. The zero-order chi connectivity index (χ0) is 16.2. The van der Waals surface area contributed by atoms with Crippen molar-refractivity contribution in [2.75, 3.05) is 11.9 Å². The van der Waals surface area contributed by atoms with Crippen molar-refractivity contribution >= 4 is 11.6 Å². The monoisotopic (exact) mass is 303 g/mol. The third-order valence-corrected chi connectivity index (χ3v) is 3.10. The van der Waals surface area contributed by atoms with Gasteiger partial charge < -0.3 is 15.2 Å². The molecule has 0 aliphatic heterocycles. The summed E-state index contributed by atoms with van der Waals surface area (Å²) in [7, 11) is 0. The standard InChI is InChI=1S/C17H18FNO3/c1-12-4-3-5-14(10-12)19-16(20)17(2,21)11-22-15-8-6-13(18)7-9-15/h3-10,21H,11H2,1-2H3,(H,19,20)/t17-/m0/s1. The first-order valence-corrected chi connectivity index (χ1v) is 6.86. The van der Waals surface area contributed by atoms with Crippen molar-refractivity contribution in [1.82, 2.24) is 0 Å².